The molecule has 17 rings (SSSR count). The van der Waals surface area contributed by atoms with E-state index in [0.29, 0.717) is 56.0 Å². The molecule has 0 radical (unpaired) electrons. The average Bonchev–Trinajstić information content (AvgIpc) is 1.66. The zero-order valence-electron chi connectivity index (χ0n) is 60.1. The maximum absolute atomic E-state index is 13.2. The van der Waals surface area contributed by atoms with E-state index in [-0.39, 0.29) is 42.1 Å². The summed E-state index contributed by atoms with van der Waals surface area (Å²) in [5.74, 6) is 0.445. The average molecular weight is 1430 g/mol. The molecule has 5 atom stereocenters. The number of amides is 4. The lowest BCUT2D eigenvalue weighted by Crippen LogP contribution is -2.41. The van der Waals surface area contributed by atoms with Crippen LogP contribution in [0.2, 0.25) is 5.02 Å². The number of nitrogens with one attached hydrogen (secondary N) is 1. The van der Waals surface area contributed by atoms with Crippen molar-refractivity contribution in [3.63, 3.8) is 0 Å². The third-order valence-corrected chi connectivity index (χ3v) is 22.2. The lowest BCUT2D eigenvalue weighted by molar-refractivity contribution is -0.134. The topological polar surface area (TPSA) is 215 Å². The van der Waals surface area contributed by atoms with Crippen molar-refractivity contribution < 1.29 is 24.3 Å². The van der Waals surface area contributed by atoms with E-state index in [1.165, 1.54) is 44.6 Å². The molecule has 0 bridgehead atoms. The van der Waals surface area contributed by atoms with Crippen LogP contribution in [-0.4, -0.2) is 189 Å². The molecule has 1 saturated heterocycles. The Balaban J connectivity index is 0.000000119. The molecule has 18 nitrogen and oxygen atoms in total. The van der Waals surface area contributed by atoms with Gasteiger partial charge < -0.3 is 30.0 Å². The fraction of sp³-hybridized carbons (Fsp3) is 0.310. The lowest BCUT2D eigenvalue weighted by Gasteiger charge is -2.31. The Labute approximate surface area is 625 Å². The monoisotopic (exact) mass is 1430 g/mol. The third-order valence-electron chi connectivity index (χ3n) is 21.9. The molecular weight excluding hydrogens is 1340 g/mol. The van der Waals surface area contributed by atoms with Gasteiger partial charge in [0.25, 0.3) is 0 Å². The van der Waals surface area contributed by atoms with Crippen LogP contribution < -0.4 is 5.32 Å². The first-order valence-corrected chi connectivity index (χ1v) is 37.3. The van der Waals surface area contributed by atoms with Crippen molar-refractivity contribution in [2.24, 2.45) is 25.9 Å². The second kappa shape index (κ2) is 34.0. The summed E-state index contributed by atoms with van der Waals surface area (Å²) in [7, 11) is 0. The van der Waals surface area contributed by atoms with Crippen LogP contribution >= 0.6 is 11.6 Å². The third kappa shape index (κ3) is 16.3. The molecule has 8 aromatic rings. The normalized spacial score (nSPS) is 19.5. The molecule has 9 aliphatic heterocycles. The van der Waals surface area contributed by atoms with Crippen molar-refractivity contribution >= 4 is 58.1 Å². The van der Waals surface area contributed by atoms with Gasteiger partial charge >= 0.3 is 0 Å². The molecule has 9 aliphatic rings. The first-order valence-electron chi connectivity index (χ1n) is 37.0. The minimum Gasteiger partial charge on any atom is -0.395 e. The Bertz CT molecular complexity index is 4760. The predicted molar refractivity (Wildman–Crippen MR) is 417 cm³/mol. The number of halogens is 1. The summed E-state index contributed by atoms with van der Waals surface area (Å²) in [6.07, 6.45) is 18.5. The van der Waals surface area contributed by atoms with E-state index >= 15 is 0 Å². The fourth-order valence-electron chi connectivity index (χ4n) is 15.8. The molecule has 0 spiro atoms. The fourth-order valence-corrected chi connectivity index (χ4v) is 16.1. The molecule has 4 amide bonds. The number of carbonyl (C=O) groups excluding carboxylic acids is 4. The van der Waals surface area contributed by atoms with Gasteiger partial charge in [0.1, 0.15) is 0 Å². The molecule has 0 saturated carbocycles. The number of benzene rings is 4. The van der Waals surface area contributed by atoms with E-state index in [1.807, 2.05) is 167 Å². The largest absolute Gasteiger partial charge is 0.395 e. The van der Waals surface area contributed by atoms with Gasteiger partial charge in [-0.2, -0.15) is 0 Å². The van der Waals surface area contributed by atoms with Gasteiger partial charge in [-0.3, -0.25) is 59.1 Å². The zero-order chi connectivity index (χ0) is 72.9. The van der Waals surface area contributed by atoms with Gasteiger partial charge in [0.05, 0.1) is 73.4 Å². The maximum Gasteiger partial charge on any atom is 0.232 e. The van der Waals surface area contributed by atoms with Crippen molar-refractivity contribution in [3.05, 3.63) is 307 Å². The SMILES string of the molecule is CC(C(=O)N1CCC2=C(C1)C(c1ccncc1)=NC2)c1ccccc1.CC(C(=O)N1CCC2=C(C1)C(c1ccncc1)=NC2)c1ccccc1Cl.O=C(C(CO)c1ccccc1)N1CCC2=C(C1)C(c1ccncc1)=NC2.O=C(C[C@H]1CNC[C@@H]1c1ccccc1)N1CCC2=C(C1)C(c1ccncc1)=NC2. The van der Waals surface area contributed by atoms with Crippen LogP contribution in [0.3, 0.4) is 0 Å². The number of hydrogen-bond acceptors (Lipinski definition) is 14. The van der Waals surface area contributed by atoms with Gasteiger partial charge in [-0.25, -0.2) is 0 Å². The van der Waals surface area contributed by atoms with E-state index in [1.54, 1.807) is 49.6 Å². The van der Waals surface area contributed by atoms with E-state index in [9.17, 15) is 24.3 Å². The Kier molecular flexibility index (Phi) is 23.1. The zero-order valence-corrected chi connectivity index (χ0v) is 60.8. The first-order chi connectivity index (χ1) is 52.0. The van der Waals surface area contributed by atoms with Gasteiger partial charge in [-0.05, 0) is 173 Å². The highest BCUT2D eigenvalue weighted by Crippen LogP contribution is 2.37. The van der Waals surface area contributed by atoms with Gasteiger partial charge in [0.15, 0.2) is 0 Å². The minimum absolute atomic E-state index is 0.0220. The summed E-state index contributed by atoms with van der Waals surface area (Å²) in [5, 5.41) is 13.9. The molecule has 3 unspecified atom stereocenters. The lowest BCUT2D eigenvalue weighted by atomic mass is 9.86. The number of aromatic nitrogens is 4. The van der Waals surface area contributed by atoms with Crippen LogP contribution in [0.5, 0.6) is 0 Å². The number of aliphatic imine (C=N–C) groups is 4. The summed E-state index contributed by atoms with van der Waals surface area (Å²) in [5.41, 5.74) is 22.8. The van der Waals surface area contributed by atoms with Crippen molar-refractivity contribution in [1.29, 1.82) is 0 Å². The van der Waals surface area contributed by atoms with Crippen LogP contribution in [0.15, 0.2) is 278 Å². The molecule has 1 fully saturated rings. The molecule has 4 aromatic carbocycles. The number of hydrogen-bond donors (Lipinski definition) is 2. The Morgan fingerprint density at radius 3 is 1.21 bits per heavy atom. The molecule has 0 aliphatic carbocycles. The Morgan fingerprint density at radius 1 is 0.434 bits per heavy atom. The van der Waals surface area contributed by atoms with E-state index in [0.717, 1.165) is 152 Å². The van der Waals surface area contributed by atoms with Gasteiger partial charge in [-0.1, -0.05) is 121 Å². The summed E-state index contributed by atoms with van der Waals surface area (Å²) in [6, 6.07) is 53.5. The maximum atomic E-state index is 13.2. The van der Waals surface area contributed by atoms with Gasteiger partial charge in [0, 0.05) is 148 Å². The van der Waals surface area contributed by atoms with Crippen LogP contribution in [-0.2, 0) is 19.2 Å². The highest BCUT2D eigenvalue weighted by atomic mass is 35.5. The number of aliphatic hydroxyl groups excluding tert-OH is 1. The van der Waals surface area contributed by atoms with Crippen molar-refractivity contribution in [2.45, 2.75) is 69.6 Å². The number of rotatable bonds is 14. The molecule has 538 valence electrons. The van der Waals surface area contributed by atoms with Gasteiger partial charge in [-0.15, -0.1) is 0 Å². The second-order valence-corrected chi connectivity index (χ2v) is 28.6. The van der Waals surface area contributed by atoms with E-state index < -0.39 is 5.92 Å². The molecular formula is C87H88ClN13O5. The molecule has 13 heterocycles. The van der Waals surface area contributed by atoms with Crippen molar-refractivity contribution in [2.75, 3.05) is 98.2 Å². The van der Waals surface area contributed by atoms with Crippen LogP contribution in [0, 0.1) is 5.92 Å². The molecule has 4 aromatic heterocycles. The molecule has 106 heavy (non-hydrogen) atoms. The smallest absolute Gasteiger partial charge is 0.232 e. The Morgan fingerprint density at radius 2 is 0.792 bits per heavy atom. The summed E-state index contributed by atoms with van der Waals surface area (Å²) < 4.78 is 0. The highest BCUT2D eigenvalue weighted by molar-refractivity contribution is 6.31. The summed E-state index contributed by atoms with van der Waals surface area (Å²) in [4.78, 5) is 95.4. The highest BCUT2D eigenvalue weighted by Gasteiger charge is 2.38. The van der Waals surface area contributed by atoms with Crippen LogP contribution in [0.1, 0.15) is 114 Å². The quantitative estimate of drug-likeness (QED) is 0.105. The molecule has 19 heteroatoms. The van der Waals surface area contributed by atoms with Crippen molar-refractivity contribution in [1.82, 2.24) is 44.9 Å². The number of carbonyl (C=O) groups is 4. The van der Waals surface area contributed by atoms with Crippen LogP contribution in [0.25, 0.3) is 0 Å². The number of pyridine rings is 4. The molecule has 2 N–H and O–H groups in total. The van der Waals surface area contributed by atoms with E-state index in [2.05, 4.69) is 55.6 Å². The number of nitrogens with zero attached hydrogens (tertiary/aromatic N) is 12. The number of aliphatic hydroxyl groups is 1. The van der Waals surface area contributed by atoms with Crippen molar-refractivity contribution in [3.8, 4) is 0 Å². The van der Waals surface area contributed by atoms with Crippen LogP contribution in [0.4, 0.5) is 0 Å². The summed E-state index contributed by atoms with van der Waals surface area (Å²) >= 11 is 6.29. The minimum atomic E-state index is -0.513. The second-order valence-electron chi connectivity index (χ2n) is 28.2. The predicted octanol–water partition coefficient (Wildman–Crippen LogP) is 12.1. The van der Waals surface area contributed by atoms with Gasteiger partial charge in [0.2, 0.25) is 23.6 Å². The standard InChI is InChI=1S/C24H26N4O.C21H20ClN3O.C21H21N3O2.C21H21N3O/c29-23(12-20-13-26-15-21(20)17-4-2-1-3-5-17)28-11-8-19-14-27-24(22(19)16-28)18-6-9-25-10-7-18;1-14(17-4-2-3-5-19(17)22)21(26)25-11-8-16-12-24-20(18(16)13-25)15-6-9-23-10-7-15;25-14-19(15-4-2-1-3-5-15)21(26)24-11-8-17-12-23-20(18(17)13-24)16-6-9-22-10-7-16;1-15(16-5-3-2-4-6-16)21(25)24-12-9-18-13-23-20(19(18)14-24)17-7-10-22-11-8-17/h1-7,9-10,20-21,26H,8,11-16H2;2-7,9-10,14H,8,11-13H2,1H3;1-7,9-10,19,25H,8,11-14H2;2-8,10-11,15H,9,12-14H2,1H3/t20-,21+;;;/m0.../s1. The Hall–Kier alpha value is -10.8. The summed E-state index contributed by atoms with van der Waals surface area (Å²) in [6.45, 7) is 14.2. The first kappa shape index (κ1) is 72.2. The van der Waals surface area contributed by atoms with E-state index in [4.69, 9.17) is 31.6 Å².